The van der Waals surface area contributed by atoms with Gasteiger partial charge in [-0.05, 0) is 25.5 Å². The van der Waals surface area contributed by atoms with Crippen LogP contribution < -0.4 is 11.5 Å². The molecule has 92 valence electrons. The van der Waals surface area contributed by atoms with Crippen LogP contribution >= 0.6 is 12.4 Å². The predicted molar refractivity (Wildman–Crippen MR) is 58.8 cm³/mol. The summed E-state index contributed by atoms with van der Waals surface area (Å²) in [4.78, 5) is 0. The molecule has 0 saturated heterocycles. The van der Waals surface area contributed by atoms with Crippen LogP contribution in [0.25, 0.3) is 0 Å². The van der Waals surface area contributed by atoms with E-state index in [1.165, 1.54) is 0 Å². The summed E-state index contributed by atoms with van der Waals surface area (Å²) in [5.41, 5.74) is 10.9. The first kappa shape index (κ1) is 15.2. The maximum atomic E-state index is 13.2. The summed E-state index contributed by atoms with van der Waals surface area (Å²) in [5, 5.41) is 0. The SMILES string of the molecule is Cl.NCCC[C@@H](N)c1ccc(F)c(F)c1F. The van der Waals surface area contributed by atoms with E-state index < -0.39 is 23.5 Å². The molecular weight excluding hydrogens is 241 g/mol. The van der Waals surface area contributed by atoms with Crippen LogP contribution in [0, 0.1) is 17.5 Å². The molecule has 0 bridgehead atoms. The molecule has 16 heavy (non-hydrogen) atoms. The van der Waals surface area contributed by atoms with Crippen molar-refractivity contribution < 1.29 is 13.2 Å². The number of rotatable bonds is 4. The Morgan fingerprint density at radius 3 is 2.31 bits per heavy atom. The number of benzene rings is 1. The molecule has 0 radical (unpaired) electrons. The van der Waals surface area contributed by atoms with E-state index in [0.717, 1.165) is 12.1 Å². The molecule has 0 spiro atoms. The molecule has 0 aliphatic rings. The molecule has 2 nitrogen and oxygen atoms in total. The smallest absolute Gasteiger partial charge is 0.194 e. The summed E-state index contributed by atoms with van der Waals surface area (Å²) in [6.45, 7) is 0.430. The van der Waals surface area contributed by atoms with Gasteiger partial charge < -0.3 is 11.5 Å². The van der Waals surface area contributed by atoms with Crippen LogP contribution in [0.5, 0.6) is 0 Å². The van der Waals surface area contributed by atoms with Crippen LogP contribution in [-0.2, 0) is 0 Å². The molecule has 6 heteroatoms. The molecule has 0 amide bonds. The van der Waals surface area contributed by atoms with Gasteiger partial charge in [-0.25, -0.2) is 13.2 Å². The maximum absolute atomic E-state index is 13.2. The highest BCUT2D eigenvalue weighted by atomic mass is 35.5. The van der Waals surface area contributed by atoms with Crippen molar-refractivity contribution in [1.82, 2.24) is 0 Å². The van der Waals surface area contributed by atoms with Gasteiger partial charge in [0.2, 0.25) is 0 Å². The summed E-state index contributed by atoms with van der Waals surface area (Å²) < 4.78 is 38.7. The van der Waals surface area contributed by atoms with E-state index in [1.54, 1.807) is 0 Å². The fraction of sp³-hybridized carbons (Fsp3) is 0.400. The van der Waals surface area contributed by atoms with Gasteiger partial charge in [0.05, 0.1) is 0 Å². The van der Waals surface area contributed by atoms with E-state index in [4.69, 9.17) is 11.5 Å². The first-order chi connectivity index (χ1) is 7.07. The lowest BCUT2D eigenvalue weighted by atomic mass is 10.0. The Labute approximate surface area is 98.2 Å². The van der Waals surface area contributed by atoms with Crippen LogP contribution in [0.2, 0.25) is 0 Å². The minimum atomic E-state index is -1.48. The minimum Gasteiger partial charge on any atom is -0.330 e. The van der Waals surface area contributed by atoms with Crippen molar-refractivity contribution in [1.29, 1.82) is 0 Å². The van der Waals surface area contributed by atoms with E-state index in [0.29, 0.717) is 19.4 Å². The number of nitrogens with two attached hydrogens (primary N) is 2. The average molecular weight is 255 g/mol. The zero-order valence-electron chi connectivity index (χ0n) is 8.55. The lowest BCUT2D eigenvalue weighted by Gasteiger charge is -2.12. The third-order valence-corrected chi connectivity index (χ3v) is 2.18. The fourth-order valence-electron chi connectivity index (χ4n) is 1.32. The van der Waals surface area contributed by atoms with E-state index in [9.17, 15) is 13.2 Å². The van der Waals surface area contributed by atoms with Crippen molar-refractivity contribution in [3.05, 3.63) is 35.1 Å². The van der Waals surface area contributed by atoms with Crippen molar-refractivity contribution in [2.45, 2.75) is 18.9 Å². The van der Waals surface area contributed by atoms with Crippen molar-refractivity contribution in [2.75, 3.05) is 6.54 Å². The van der Waals surface area contributed by atoms with Gasteiger partial charge in [0.15, 0.2) is 17.5 Å². The molecule has 1 rings (SSSR count). The van der Waals surface area contributed by atoms with Crippen LogP contribution in [0.4, 0.5) is 13.2 Å². The maximum Gasteiger partial charge on any atom is 0.194 e. The number of hydrogen-bond acceptors (Lipinski definition) is 2. The van der Waals surface area contributed by atoms with Gasteiger partial charge in [0.25, 0.3) is 0 Å². The highest BCUT2D eigenvalue weighted by Crippen LogP contribution is 2.22. The lowest BCUT2D eigenvalue weighted by molar-refractivity contribution is 0.432. The van der Waals surface area contributed by atoms with Gasteiger partial charge in [-0.15, -0.1) is 12.4 Å². The summed E-state index contributed by atoms with van der Waals surface area (Å²) >= 11 is 0. The van der Waals surface area contributed by atoms with Crippen molar-refractivity contribution in [2.24, 2.45) is 11.5 Å². The second-order valence-electron chi connectivity index (χ2n) is 3.30. The zero-order valence-corrected chi connectivity index (χ0v) is 9.37. The largest absolute Gasteiger partial charge is 0.330 e. The van der Waals surface area contributed by atoms with Crippen LogP contribution in [0.1, 0.15) is 24.4 Å². The quantitative estimate of drug-likeness (QED) is 0.810. The molecule has 0 unspecified atom stereocenters. The second-order valence-corrected chi connectivity index (χ2v) is 3.30. The standard InChI is InChI=1S/C10H13F3N2.ClH/c11-7-4-3-6(9(12)10(7)13)8(15)2-1-5-14;/h3-4,8H,1-2,5,14-15H2;1H/t8-;/m1./s1. The van der Waals surface area contributed by atoms with Gasteiger partial charge in [-0.2, -0.15) is 0 Å². The van der Waals surface area contributed by atoms with E-state index in [-0.39, 0.29) is 18.0 Å². The van der Waals surface area contributed by atoms with Crippen LogP contribution in [0.3, 0.4) is 0 Å². The molecule has 0 saturated carbocycles. The number of hydrogen-bond donors (Lipinski definition) is 2. The highest BCUT2D eigenvalue weighted by Gasteiger charge is 2.17. The Bertz CT molecular complexity index is 347. The summed E-state index contributed by atoms with van der Waals surface area (Å²) in [6, 6.07) is 1.38. The molecule has 0 fully saturated rings. The molecule has 0 aliphatic carbocycles. The van der Waals surface area contributed by atoms with Crippen LogP contribution in [0.15, 0.2) is 12.1 Å². The third kappa shape index (κ3) is 3.37. The fourth-order valence-corrected chi connectivity index (χ4v) is 1.32. The normalized spacial score (nSPS) is 12.1. The molecule has 0 heterocycles. The lowest BCUT2D eigenvalue weighted by Crippen LogP contribution is -2.15. The minimum absolute atomic E-state index is 0. The average Bonchev–Trinajstić information content (AvgIpc) is 2.23. The first-order valence-corrected chi connectivity index (χ1v) is 4.67. The van der Waals surface area contributed by atoms with Crippen molar-refractivity contribution in [3.8, 4) is 0 Å². The van der Waals surface area contributed by atoms with E-state index >= 15 is 0 Å². The molecule has 1 aromatic rings. The van der Waals surface area contributed by atoms with Gasteiger partial charge in [0.1, 0.15) is 0 Å². The Morgan fingerprint density at radius 2 is 1.75 bits per heavy atom. The monoisotopic (exact) mass is 254 g/mol. The molecule has 0 aliphatic heterocycles. The summed E-state index contributed by atoms with van der Waals surface area (Å²) in [7, 11) is 0. The van der Waals surface area contributed by atoms with Gasteiger partial charge in [-0.3, -0.25) is 0 Å². The van der Waals surface area contributed by atoms with Gasteiger partial charge >= 0.3 is 0 Å². The second kappa shape index (κ2) is 6.73. The van der Waals surface area contributed by atoms with Gasteiger partial charge in [-0.1, -0.05) is 6.07 Å². The first-order valence-electron chi connectivity index (χ1n) is 4.67. The molecular formula is C10H14ClF3N2. The Balaban J connectivity index is 0.00000225. The number of halogens is 4. The van der Waals surface area contributed by atoms with Crippen molar-refractivity contribution >= 4 is 12.4 Å². The van der Waals surface area contributed by atoms with E-state index in [2.05, 4.69) is 0 Å². The molecule has 1 atom stereocenters. The molecule has 0 aromatic heterocycles. The molecule has 1 aromatic carbocycles. The summed E-state index contributed by atoms with van der Waals surface area (Å²) in [5.74, 6) is -3.89. The predicted octanol–water partition coefficient (Wildman–Crippen LogP) is 2.26. The van der Waals surface area contributed by atoms with Crippen LogP contribution in [-0.4, -0.2) is 6.54 Å². The Kier molecular flexibility index (Phi) is 6.40. The third-order valence-electron chi connectivity index (χ3n) is 2.18. The zero-order chi connectivity index (χ0) is 11.4. The van der Waals surface area contributed by atoms with E-state index in [1.807, 2.05) is 0 Å². The Morgan fingerprint density at radius 1 is 1.12 bits per heavy atom. The topological polar surface area (TPSA) is 52.0 Å². The highest BCUT2D eigenvalue weighted by molar-refractivity contribution is 5.85. The van der Waals surface area contributed by atoms with Crippen molar-refractivity contribution in [3.63, 3.8) is 0 Å². The summed E-state index contributed by atoms with van der Waals surface area (Å²) in [6.07, 6.45) is 1.05. The molecule has 4 N–H and O–H groups in total. The Hall–Kier alpha value is -0.780. The van der Waals surface area contributed by atoms with Gasteiger partial charge in [0, 0.05) is 11.6 Å².